The van der Waals surface area contributed by atoms with Gasteiger partial charge in [-0.1, -0.05) is 6.07 Å². The Morgan fingerprint density at radius 1 is 1.42 bits per heavy atom. The minimum absolute atomic E-state index is 0.120. The zero-order valence-corrected chi connectivity index (χ0v) is 11.1. The summed E-state index contributed by atoms with van der Waals surface area (Å²) in [7, 11) is 2.03. The van der Waals surface area contributed by atoms with Gasteiger partial charge in [0.05, 0.1) is 6.42 Å². The van der Waals surface area contributed by atoms with Crippen LogP contribution >= 0.6 is 0 Å². The summed E-state index contributed by atoms with van der Waals surface area (Å²) in [6.45, 7) is 1.01. The lowest BCUT2D eigenvalue weighted by molar-refractivity contribution is -0.137. The van der Waals surface area contributed by atoms with Gasteiger partial charge in [0, 0.05) is 35.8 Å². The molecule has 4 nitrogen and oxygen atoms in total. The van der Waals surface area contributed by atoms with Gasteiger partial charge < -0.3 is 15.1 Å². The molecule has 3 rings (SSSR count). The summed E-state index contributed by atoms with van der Waals surface area (Å²) in [5.41, 5.74) is 2.59. The first-order chi connectivity index (χ1) is 9.03. The molecule has 19 heavy (non-hydrogen) atoms. The van der Waals surface area contributed by atoms with Crippen LogP contribution in [0.15, 0.2) is 12.1 Å². The van der Waals surface area contributed by atoms with E-state index in [9.17, 15) is 9.90 Å². The number of aromatic hydroxyl groups is 1. The van der Waals surface area contributed by atoms with Crippen LogP contribution in [-0.2, 0) is 16.6 Å². The average Bonchev–Trinajstić information content (AvgIpc) is 3.10. The number of benzene rings is 1. The third-order valence-electron chi connectivity index (χ3n) is 4.50. The average molecular weight is 261 g/mol. The third-order valence-corrected chi connectivity index (χ3v) is 4.50. The summed E-state index contributed by atoms with van der Waals surface area (Å²) in [6, 6.07) is 3.96. The van der Waals surface area contributed by atoms with Gasteiger partial charge in [-0.05, 0) is 31.7 Å². The summed E-state index contributed by atoms with van der Waals surface area (Å²) in [5.74, 6) is -0.450. The van der Waals surface area contributed by atoms with E-state index in [0.29, 0.717) is 5.75 Å². The summed E-state index contributed by atoms with van der Waals surface area (Å²) in [5, 5.41) is 19.6. The Balaban J connectivity index is 2.03. The van der Waals surface area contributed by atoms with Crippen molar-refractivity contribution < 1.29 is 15.0 Å². The lowest BCUT2D eigenvalue weighted by atomic mass is 9.87. The first kappa shape index (κ1) is 12.3. The number of phenolic OH excluding ortho intramolecular Hbond substituents is 1. The summed E-state index contributed by atoms with van der Waals surface area (Å²) in [6.07, 6.45) is 3.76. The van der Waals surface area contributed by atoms with E-state index in [1.165, 1.54) is 0 Å². The van der Waals surface area contributed by atoms with Crippen LogP contribution in [0, 0.1) is 0 Å². The molecule has 1 saturated carbocycles. The number of carboxylic acid groups (broad SMARTS) is 1. The van der Waals surface area contributed by atoms with Crippen molar-refractivity contribution in [3.63, 3.8) is 0 Å². The molecule has 1 aliphatic carbocycles. The van der Waals surface area contributed by atoms with Crippen LogP contribution in [0.5, 0.6) is 5.75 Å². The molecule has 1 fully saturated rings. The summed E-state index contributed by atoms with van der Waals surface area (Å²) < 4.78 is 0. The molecule has 1 aromatic carbocycles. The Morgan fingerprint density at radius 2 is 2.16 bits per heavy atom. The Kier molecular flexibility index (Phi) is 2.69. The molecule has 0 bridgehead atoms. The minimum atomic E-state index is -0.785. The number of carboxylic acids is 1. The highest BCUT2D eigenvalue weighted by molar-refractivity contribution is 5.72. The number of carbonyl (C=O) groups is 1. The number of hydrogen-bond acceptors (Lipinski definition) is 3. The zero-order valence-electron chi connectivity index (χ0n) is 11.1. The van der Waals surface area contributed by atoms with Crippen LogP contribution in [0.25, 0.3) is 0 Å². The normalized spacial score (nSPS) is 19.9. The van der Waals surface area contributed by atoms with E-state index in [1.807, 2.05) is 19.2 Å². The van der Waals surface area contributed by atoms with Gasteiger partial charge in [0.1, 0.15) is 5.75 Å². The SMILES string of the molecule is CN1CCCc2c1ccc(C1(CC(=O)O)CC1)c2O. The fraction of sp³-hybridized carbons (Fsp3) is 0.533. The van der Waals surface area contributed by atoms with Gasteiger partial charge in [0.2, 0.25) is 0 Å². The van der Waals surface area contributed by atoms with E-state index in [4.69, 9.17) is 5.11 Å². The maximum atomic E-state index is 11.0. The van der Waals surface area contributed by atoms with Gasteiger partial charge in [-0.15, -0.1) is 0 Å². The van der Waals surface area contributed by atoms with E-state index in [-0.39, 0.29) is 11.8 Å². The fourth-order valence-electron chi connectivity index (χ4n) is 3.25. The topological polar surface area (TPSA) is 60.8 Å². The van der Waals surface area contributed by atoms with Crippen molar-refractivity contribution in [3.8, 4) is 5.75 Å². The third kappa shape index (κ3) is 1.95. The van der Waals surface area contributed by atoms with Crippen LogP contribution in [0.1, 0.15) is 36.8 Å². The van der Waals surface area contributed by atoms with E-state index in [1.54, 1.807) is 0 Å². The van der Waals surface area contributed by atoms with Crippen LogP contribution in [0.2, 0.25) is 0 Å². The van der Waals surface area contributed by atoms with Crippen LogP contribution in [0.3, 0.4) is 0 Å². The number of fused-ring (bicyclic) bond motifs is 1. The highest BCUT2D eigenvalue weighted by Gasteiger charge is 2.48. The highest BCUT2D eigenvalue weighted by Crippen LogP contribution is 2.55. The molecular formula is C15H19NO3. The van der Waals surface area contributed by atoms with Crippen molar-refractivity contribution >= 4 is 11.7 Å². The first-order valence-electron chi connectivity index (χ1n) is 6.82. The van der Waals surface area contributed by atoms with E-state index >= 15 is 0 Å². The highest BCUT2D eigenvalue weighted by atomic mass is 16.4. The number of nitrogens with zero attached hydrogens (tertiary/aromatic N) is 1. The fourth-order valence-corrected chi connectivity index (χ4v) is 3.25. The molecule has 1 heterocycles. The molecule has 0 unspecified atom stereocenters. The molecule has 0 saturated heterocycles. The largest absolute Gasteiger partial charge is 0.507 e. The second kappa shape index (κ2) is 4.15. The number of rotatable bonds is 3. The number of phenols is 1. The molecule has 102 valence electrons. The van der Waals surface area contributed by atoms with E-state index in [0.717, 1.165) is 49.0 Å². The molecule has 1 aliphatic heterocycles. The predicted octanol–water partition coefficient (Wildman–Crippen LogP) is 2.28. The van der Waals surface area contributed by atoms with Crippen molar-refractivity contribution in [1.82, 2.24) is 0 Å². The molecule has 1 aromatic rings. The Morgan fingerprint density at radius 3 is 2.79 bits per heavy atom. The summed E-state index contributed by atoms with van der Waals surface area (Å²) >= 11 is 0. The van der Waals surface area contributed by atoms with Gasteiger partial charge >= 0.3 is 5.97 Å². The Hall–Kier alpha value is -1.71. The smallest absolute Gasteiger partial charge is 0.304 e. The van der Waals surface area contributed by atoms with Gasteiger partial charge in [-0.2, -0.15) is 0 Å². The Bertz CT molecular complexity index is 534. The van der Waals surface area contributed by atoms with Crippen molar-refractivity contribution in [2.45, 2.75) is 37.5 Å². The second-order valence-corrected chi connectivity index (χ2v) is 5.84. The first-order valence-corrected chi connectivity index (χ1v) is 6.82. The number of anilines is 1. The van der Waals surface area contributed by atoms with Crippen LogP contribution in [-0.4, -0.2) is 29.8 Å². The van der Waals surface area contributed by atoms with Crippen LogP contribution < -0.4 is 4.90 Å². The van der Waals surface area contributed by atoms with Crippen molar-refractivity contribution in [1.29, 1.82) is 0 Å². The predicted molar refractivity (Wildman–Crippen MR) is 72.9 cm³/mol. The Labute approximate surface area is 112 Å². The van der Waals surface area contributed by atoms with Gasteiger partial charge in [-0.25, -0.2) is 0 Å². The molecule has 0 amide bonds. The molecular weight excluding hydrogens is 242 g/mol. The maximum Gasteiger partial charge on any atom is 0.304 e. The standard InChI is InChI=1S/C15H19NO3/c1-16-8-2-3-10-12(16)5-4-11(14(10)19)15(6-7-15)9-13(17)18/h4-5,19H,2-3,6-9H2,1H3,(H,17,18). The maximum absolute atomic E-state index is 11.0. The molecule has 0 atom stereocenters. The zero-order chi connectivity index (χ0) is 13.6. The molecule has 4 heteroatoms. The molecule has 0 radical (unpaired) electrons. The van der Waals surface area contributed by atoms with Crippen molar-refractivity contribution in [2.75, 3.05) is 18.5 Å². The van der Waals surface area contributed by atoms with Crippen molar-refractivity contribution in [2.24, 2.45) is 0 Å². The monoisotopic (exact) mass is 261 g/mol. The van der Waals surface area contributed by atoms with E-state index < -0.39 is 5.97 Å². The van der Waals surface area contributed by atoms with E-state index in [2.05, 4.69) is 4.90 Å². The summed E-state index contributed by atoms with van der Waals surface area (Å²) in [4.78, 5) is 13.1. The number of aliphatic carboxylic acids is 1. The van der Waals surface area contributed by atoms with Gasteiger partial charge in [0.15, 0.2) is 0 Å². The second-order valence-electron chi connectivity index (χ2n) is 5.84. The van der Waals surface area contributed by atoms with Gasteiger partial charge in [-0.3, -0.25) is 4.79 Å². The quantitative estimate of drug-likeness (QED) is 0.876. The molecule has 2 N–H and O–H groups in total. The minimum Gasteiger partial charge on any atom is -0.507 e. The molecule has 0 spiro atoms. The lowest BCUT2D eigenvalue weighted by Crippen LogP contribution is -2.25. The van der Waals surface area contributed by atoms with Crippen molar-refractivity contribution in [3.05, 3.63) is 23.3 Å². The molecule has 0 aromatic heterocycles. The van der Waals surface area contributed by atoms with Crippen LogP contribution in [0.4, 0.5) is 5.69 Å². The lowest BCUT2D eigenvalue weighted by Gasteiger charge is -2.29. The molecule has 2 aliphatic rings. The number of hydrogen-bond donors (Lipinski definition) is 2. The van der Waals surface area contributed by atoms with Gasteiger partial charge in [0.25, 0.3) is 0 Å².